The number of nitrogens with one attached hydrogen (secondary N) is 1. The summed E-state index contributed by atoms with van der Waals surface area (Å²) in [5, 5.41) is 9.80. The van der Waals surface area contributed by atoms with Crippen LogP contribution in [0.3, 0.4) is 0 Å². The lowest BCUT2D eigenvalue weighted by molar-refractivity contribution is -0.142. The van der Waals surface area contributed by atoms with E-state index in [-0.39, 0.29) is 22.7 Å². The van der Waals surface area contributed by atoms with Gasteiger partial charge in [0.1, 0.15) is 18.7 Å². The van der Waals surface area contributed by atoms with Crippen LogP contribution in [-0.4, -0.2) is 30.5 Å². The van der Waals surface area contributed by atoms with E-state index in [1.165, 1.54) is 24.0 Å². The van der Waals surface area contributed by atoms with Gasteiger partial charge in [0.05, 0.1) is 16.7 Å². The van der Waals surface area contributed by atoms with Crippen LogP contribution in [0.1, 0.15) is 17.0 Å². The van der Waals surface area contributed by atoms with Gasteiger partial charge in [-0.2, -0.15) is 18.3 Å². The number of hydrogen-bond donors (Lipinski definition) is 1. The van der Waals surface area contributed by atoms with Gasteiger partial charge in [-0.15, -0.1) is 5.10 Å². The number of aromatic nitrogens is 5. The molecule has 3 aromatic rings. The van der Waals surface area contributed by atoms with E-state index < -0.39 is 30.1 Å². The molecule has 28 heavy (non-hydrogen) atoms. The molecule has 0 fully saturated rings. The average Bonchev–Trinajstić information content (AvgIpc) is 3.16. The summed E-state index contributed by atoms with van der Waals surface area (Å²) in [6.45, 7) is 1.05. The fourth-order valence-corrected chi connectivity index (χ4v) is 2.90. The molecule has 1 N–H and O–H groups in total. The number of alkyl halides is 3. The van der Waals surface area contributed by atoms with E-state index in [1.54, 1.807) is 18.2 Å². The number of hydrogen-bond acceptors (Lipinski definition) is 4. The van der Waals surface area contributed by atoms with Gasteiger partial charge in [0.15, 0.2) is 5.69 Å². The van der Waals surface area contributed by atoms with Gasteiger partial charge in [-0.25, -0.2) is 14.1 Å². The Hall–Kier alpha value is -2.76. The molecule has 1 amide bonds. The van der Waals surface area contributed by atoms with Crippen LogP contribution in [0, 0.1) is 12.7 Å². The molecule has 3 rings (SSSR count). The molecule has 148 valence electrons. The molecule has 0 atom stereocenters. The van der Waals surface area contributed by atoms with Crippen molar-refractivity contribution in [3.05, 3.63) is 57.8 Å². The zero-order valence-electron chi connectivity index (χ0n) is 14.3. The molecule has 0 aliphatic rings. The van der Waals surface area contributed by atoms with Crippen LogP contribution in [0.2, 0.25) is 0 Å². The topological polar surface area (TPSA) is 77.6 Å². The molecule has 0 aliphatic heterocycles. The predicted octanol–water partition coefficient (Wildman–Crippen LogP) is 3.39. The van der Waals surface area contributed by atoms with Crippen LogP contribution < -0.4 is 5.32 Å². The first-order chi connectivity index (χ1) is 13.1. The van der Waals surface area contributed by atoms with Crippen molar-refractivity contribution in [1.82, 2.24) is 24.5 Å². The Kier molecular flexibility index (Phi) is 5.49. The SMILES string of the molecule is Cc1c(Br)c(C(F)(F)F)nn1CC(=O)Nc1ncn(Cc2ccccc2F)n1. The predicted molar refractivity (Wildman–Crippen MR) is 93.8 cm³/mol. The number of amides is 1. The quantitative estimate of drug-likeness (QED) is 0.592. The second-order valence-electron chi connectivity index (χ2n) is 5.81. The van der Waals surface area contributed by atoms with Crippen molar-refractivity contribution < 1.29 is 22.4 Å². The smallest absolute Gasteiger partial charge is 0.292 e. The summed E-state index contributed by atoms with van der Waals surface area (Å²) in [5.41, 5.74) is -0.562. The van der Waals surface area contributed by atoms with Gasteiger partial charge in [0.25, 0.3) is 0 Å². The van der Waals surface area contributed by atoms with Gasteiger partial charge in [-0.05, 0) is 28.9 Å². The maximum absolute atomic E-state index is 13.7. The van der Waals surface area contributed by atoms with E-state index in [0.717, 1.165) is 4.68 Å². The average molecular weight is 461 g/mol. The van der Waals surface area contributed by atoms with Crippen molar-refractivity contribution in [1.29, 1.82) is 0 Å². The third-order valence-corrected chi connectivity index (χ3v) is 4.72. The maximum atomic E-state index is 13.7. The van der Waals surface area contributed by atoms with Crippen LogP contribution in [-0.2, 0) is 24.1 Å². The monoisotopic (exact) mass is 460 g/mol. The van der Waals surface area contributed by atoms with Gasteiger partial charge in [0, 0.05) is 5.56 Å². The lowest BCUT2D eigenvalue weighted by Gasteiger charge is -2.04. The molecule has 0 saturated carbocycles. The minimum absolute atomic E-state index is 0.0544. The first kappa shape index (κ1) is 20.0. The Bertz CT molecular complexity index is 1010. The Morgan fingerprint density at radius 3 is 2.61 bits per heavy atom. The van der Waals surface area contributed by atoms with E-state index in [0.29, 0.717) is 5.56 Å². The standard InChI is InChI=1S/C16H13BrF4N6O/c1-9-13(17)14(16(19,20)21)24-27(9)7-12(28)23-15-22-8-26(25-15)6-10-4-2-3-5-11(10)18/h2-5,8H,6-7H2,1H3,(H,23,25,28). The molecule has 0 unspecified atom stereocenters. The highest BCUT2D eigenvalue weighted by Crippen LogP contribution is 2.35. The third-order valence-electron chi connectivity index (χ3n) is 3.77. The largest absolute Gasteiger partial charge is 0.436 e. The molecule has 0 saturated heterocycles. The van der Waals surface area contributed by atoms with Crippen molar-refractivity contribution in [2.75, 3.05) is 5.32 Å². The van der Waals surface area contributed by atoms with E-state index in [9.17, 15) is 22.4 Å². The minimum Gasteiger partial charge on any atom is -0.292 e. The number of nitrogens with zero attached hydrogens (tertiary/aromatic N) is 5. The molecule has 2 heterocycles. The van der Waals surface area contributed by atoms with Crippen LogP contribution >= 0.6 is 15.9 Å². The molecule has 2 aromatic heterocycles. The molecule has 7 nitrogen and oxygen atoms in total. The molecule has 12 heteroatoms. The molecule has 0 radical (unpaired) electrons. The zero-order chi connectivity index (χ0) is 20.5. The van der Waals surface area contributed by atoms with Crippen LogP contribution in [0.15, 0.2) is 35.1 Å². The molecular weight excluding hydrogens is 448 g/mol. The summed E-state index contributed by atoms with van der Waals surface area (Å²) < 4.78 is 54.3. The summed E-state index contributed by atoms with van der Waals surface area (Å²) >= 11 is 2.84. The maximum Gasteiger partial charge on any atom is 0.436 e. The highest BCUT2D eigenvalue weighted by atomic mass is 79.9. The normalized spacial score (nSPS) is 11.6. The number of rotatable bonds is 5. The van der Waals surface area contributed by atoms with Crippen LogP contribution in [0.25, 0.3) is 0 Å². The second kappa shape index (κ2) is 7.70. The number of anilines is 1. The molecule has 0 spiro atoms. The van der Waals surface area contributed by atoms with Crippen molar-refractivity contribution >= 4 is 27.8 Å². The van der Waals surface area contributed by atoms with E-state index in [2.05, 4.69) is 36.4 Å². The summed E-state index contributed by atoms with van der Waals surface area (Å²) in [6.07, 6.45) is -3.34. The fourth-order valence-electron chi connectivity index (χ4n) is 2.39. The van der Waals surface area contributed by atoms with E-state index >= 15 is 0 Å². The van der Waals surface area contributed by atoms with Crippen molar-refractivity contribution in [2.45, 2.75) is 26.2 Å². The highest BCUT2D eigenvalue weighted by molar-refractivity contribution is 9.10. The number of benzene rings is 1. The number of halogens is 5. The van der Waals surface area contributed by atoms with E-state index in [1.807, 2.05) is 0 Å². The van der Waals surface area contributed by atoms with Gasteiger partial charge in [-0.1, -0.05) is 18.2 Å². The summed E-state index contributed by atoms with van der Waals surface area (Å²) in [5.74, 6) is -1.11. The minimum atomic E-state index is -4.64. The molecule has 1 aromatic carbocycles. The van der Waals surface area contributed by atoms with Gasteiger partial charge < -0.3 is 0 Å². The fraction of sp³-hybridized carbons (Fsp3) is 0.250. The first-order valence-electron chi connectivity index (χ1n) is 7.88. The van der Waals surface area contributed by atoms with Gasteiger partial charge >= 0.3 is 6.18 Å². The second-order valence-corrected chi connectivity index (χ2v) is 6.60. The van der Waals surface area contributed by atoms with Crippen LogP contribution in [0.5, 0.6) is 0 Å². The van der Waals surface area contributed by atoms with Crippen molar-refractivity contribution in [3.63, 3.8) is 0 Å². The Morgan fingerprint density at radius 1 is 1.25 bits per heavy atom. The van der Waals surface area contributed by atoms with Crippen molar-refractivity contribution in [2.24, 2.45) is 0 Å². The third kappa shape index (κ3) is 4.38. The van der Waals surface area contributed by atoms with Gasteiger partial charge in [-0.3, -0.25) is 14.8 Å². The lowest BCUT2D eigenvalue weighted by atomic mass is 10.2. The highest BCUT2D eigenvalue weighted by Gasteiger charge is 2.38. The zero-order valence-corrected chi connectivity index (χ0v) is 15.9. The lowest BCUT2D eigenvalue weighted by Crippen LogP contribution is -2.21. The summed E-state index contributed by atoms with van der Waals surface area (Å²) in [6, 6.07) is 6.14. The Balaban J connectivity index is 1.66. The van der Waals surface area contributed by atoms with Crippen molar-refractivity contribution in [3.8, 4) is 0 Å². The van der Waals surface area contributed by atoms with Gasteiger partial charge in [0.2, 0.25) is 11.9 Å². The number of carbonyl (C=O) groups is 1. The van der Waals surface area contributed by atoms with Crippen LogP contribution in [0.4, 0.5) is 23.5 Å². The molecular formula is C16H13BrF4N6O. The Labute approximate surface area is 164 Å². The number of carbonyl (C=O) groups excluding carboxylic acids is 1. The first-order valence-corrected chi connectivity index (χ1v) is 8.67. The molecule has 0 bridgehead atoms. The van der Waals surface area contributed by atoms with E-state index in [4.69, 9.17) is 0 Å². The molecule has 0 aliphatic carbocycles. The summed E-state index contributed by atoms with van der Waals surface area (Å²) in [7, 11) is 0. The Morgan fingerprint density at radius 2 is 1.96 bits per heavy atom. The summed E-state index contributed by atoms with van der Waals surface area (Å²) in [4.78, 5) is 16.0.